The van der Waals surface area contributed by atoms with Gasteiger partial charge in [0.2, 0.25) is 0 Å². The number of pyridine rings is 2. The molecular weight excluding hydrogens is 424 g/mol. The summed E-state index contributed by atoms with van der Waals surface area (Å²) in [6.45, 7) is 3.01. The second-order valence-electron chi connectivity index (χ2n) is 9.32. The quantitative estimate of drug-likeness (QED) is 0.405. The average molecular weight is 453 g/mol. The van der Waals surface area contributed by atoms with Crippen LogP contribution in [-0.2, 0) is 6.54 Å². The molecule has 8 heteroatoms. The van der Waals surface area contributed by atoms with Crippen molar-refractivity contribution in [3.63, 3.8) is 0 Å². The highest BCUT2D eigenvalue weighted by Crippen LogP contribution is 2.32. The molecule has 1 aromatic carbocycles. The normalized spacial score (nSPS) is 14.5. The Morgan fingerprint density at radius 2 is 1.85 bits per heavy atom. The van der Waals surface area contributed by atoms with Crippen LogP contribution in [0.1, 0.15) is 24.8 Å². The Morgan fingerprint density at radius 1 is 1.00 bits per heavy atom. The molecule has 1 aliphatic rings. The van der Waals surface area contributed by atoms with Crippen LogP contribution in [0, 0.1) is 0 Å². The number of hydrogen-bond donors (Lipinski definition) is 2. The minimum Gasteiger partial charge on any atom is -0.370 e. The molecule has 0 bridgehead atoms. The van der Waals surface area contributed by atoms with Crippen LogP contribution in [0.4, 0.5) is 5.69 Å². The van der Waals surface area contributed by atoms with Crippen LogP contribution < -0.4 is 4.90 Å². The Morgan fingerprint density at radius 3 is 2.71 bits per heavy atom. The third-order valence-electron chi connectivity index (χ3n) is 6.46. The van der Waals surface area contributed by atoms with Gasteiger partial charge in [0.1, 0.15) is 11.2 Å². The smallest absolute Gasteiger partial charge is 0.181 e. The lowest BCUT2D eigenvalue weighted by atomic mass is 10.1. The first-order chi connectivity index (χ1) is 16.7. The minimum atomic E-state index is 0.674. The predicted molar refractivity (Wildman–Crippen MR) is 136 cm³/mol. The van der Waals surface area contributed by atoms with E-state index in [-0.39, 0.29) is 0 Å². The minimum absolute atomic E-state index is 0.674. The number of para-hydroxylation sites is 1. The van der Waals surface area contributed by atoms with E-state index in [1.54, 1.807) is 0 Å². The van der Waals surface area contributed by atoms with Crippen LogP contribution >= 0.6 is 0 Å². The van der Waals surface area contributed by atoms with Gasteiger partial charge in [0.05, 0.1) is 16.6 Å². The Hall–Kier alpha value is -3.78. The number of nitrogens with one attached hydrogen (secondary N) is 2. The lowest BCUT2D eigenvalue weighted by Gasteiger charge is -2.28. The summed E-state index contributed by atoms with van der Waals surface area (Å²) in [5, 5.41) is 8.54. The third kappa shape index (κ3) is 3.80. The zero-order valence-electron chi connectivity index (χ0n) is 19.5. The van der Waals surface area contributed by atoms with Crippen LogP contribution in [-0.4, -0.2) is 62.2 Å². The molecule has 0 aliphatic carbocycles. The third-order valence-corrected chi connectivity index (χ3v) is 6.46. The van der Waals surface area contributed by atoms with Gasteiger partial charge in [-0.15, -0.1) is 0 Å². The van der Waals surface area contributed by atoms with E-state index in [1.807, 2.05) is 18.6 Å². The number of fused-ring (bicyclic) bond motifs is 2. The van der Waals surface area contributed by atoms with Gasteiger partial charge >= 0.3 is 0 Å². The van der Waals surface area contributed by atoms with E-state index in [9.17, 15) is 0 Å². The lowest BCUT2D eigenvalue weighted by Crippen LogP contribution is -2.29. The number of aromatic nitrogens is 6. The van der Waals surface area contributed by atoms with E-state index in [0.29, 0.717) is 5.65 Å². The van der Waals surface area contributed by atoms with Crippen LogP contribution in [0.5, 0.6) is 0 Å². The SMILES string of the molecule is CN(C)Cc1cncc(-c2cnc3n[nH]c(-c4nc5c(N6CCCCC6)cccc5[nH]4)c3c2)c1. The lowest BCUT2D eigenvalue weighted by molar-refractivity contribution is 0.402. The Balaban J connectivity index is 1.41. The van der Waals surface area contributed by atoms with Crippen molar-refractivity contribution in [2.45, 2.75) is 25.8 Å². The van der Waals surface area contributed by atoms with Crippen molar-refractivity contribution in [2.75, 3.05) is 32.1 Å². The summed E-state index contributed by atoms with van der Waals surface area (Å²) in [5.41, 5.74) is 7.97. The van der Waals surface area contributed by atoms with Crippen LogP contribution in [0.2, 0.25) is 0 Å². The fourth-order valence-corrected chi connectivity index (χ4v) is 4.86. The maximum Gasteiger partial charge on any atom is 0.181 e. The highest BCUT2D eigenvalue weighted by Gasteiger charge is 2.19. The second-order valence-corrected chi connectivity index (χ2v) is 9.32. The summed E-state index contributed by atoms with van der Waals surface area (Å²) >= 11 is 0. The summed E-state index contributed by atoms with van der Waals surface area (Å²) in [4.78, 5) is 22.2. The van der Waals surface area contributed by atoms with Crippen molar-refractivity contribution in [1.29, 1.82) is 0 Å². The first-order valence-corrected chi connectivity index (χ1v) is 11.8. The first-order valence-electron chi connectivity index (χ1n) is 11.8. The van der Waals surface area contributed by atoms with E-state index in [0.717, 1.165) is 64.3 Å². The first kappa shape index (κ1) is 20.8. The van der Waals surface area contributed by atoms with Gasteiger partial charge < -0.3 is 14.8 Å². The molecule has 0 radical (unpaired) electrons. The maximum absolute atomic E-state index is 5.02. The molecule has 1 fully saturated rings. The predicted octanol–water partition coefficient (Wildman–Crippen LogP) is 4.62. The summed E-state index contributed by atoms with van der Waals surface area (Å²) < 4.78 is 0. The Labute approximate surface area is 198 Å². The number of piperidine rings is 1. The number of hydrogen-bond acceptors (Lipinski definition) is 6. The molecule has 5 heterocycles. The second kappa shape index (κ2) is 8.53. The largest absolute Gasteiger partial charge is 0.370 e. The number of H-pyrrole nitrogens is 2. The zero-order valence-corrected chi connectivity index (χ0v) is 19.5. The number of aromatic amines is 2. The van der Waals surface area contributed by atoms with Gasteiger partial charge in [-0.1, -0.05) is 6.07 Å². The van der Waals surface area contributed by atoms with Crippen molar-refractivity contribution in [1.82, 2.24) is 35.0 Å². The molecule has 2 N–H and O–H groups in total. The van der Waals surface area contributed by atoms with Gasteiger partial charge in [-0.3, -0.25) is 10.1 Å². The topological polar surface area (TPSA) is 89.6 Å². The van der Waals surface area contributed by atoms with Gasteiger partial charge in [0.25, 0.3) is 0 Å². The molecule has 0 spiro atoms. The van der Waals surface area contributed by atoms with Gasteiger partial charge in [0, 0.05) is 49.4 Å². The van der Waals surface area contributed by atoms with Crippen LogP contribution in [0.3, 0.4) is 0 Å². The van der Waals surface area contributed by atoms with Crippen molar-refractivity contribution >= 4 is 27.8 Å². The van der Waals surface area contributed by atoms with E-state index in [1.165, 1.54) is 24.9 Å². The molecule has 6 rings (SSSR count). The zero-order chi connectivity index (χ0) is 23.1. The molecule has 5 aromatic rings. The summed E-state index contributed by atoms with van der Waals surface area (Å²) in [6.07, 6.45) is 9.43. The van der Waals surface area contributed by atoms with Crippen molar-refractivity contribution in [3.8, 4) is 22.6 Å². The van der Waals surface area contributed by atoms with E-state index in [2.05, 4.69) is 79.4 Å². The number of anilines is 1. The van der Waals surface area contributed by atoms with Crippen LogP contribution in [0.15, 0.2) is 48.9 Å². The van der Waals surface area contributed by atoms with Crippen molar-refractivity contribution < 1.29 is 0 Å². The average Bonchev–Trinajstić information content (AvgIpc) is 3.48. The molecule has 0 saturated carbocycles. The Kier molecular flexibility index (Phi) is 5.22. The molecule has 0 unspecified atom stereocenters. The molecule has 0 atom stereocenters. The fraction of sp³-hybridized carbons (Fsp3) is 0.308. The molecule has 0 amide bonds. The van der Waals surface area contributed by atoms with E-state index < -0.39 is 0 Å². The van der Waals surface area contributed by atoms with Gasteiger partial charge in [0.15, 0.2) is 11.5 Å². The highest BCUT2D eigenvalue weighted by atomic mass is 15.2. The number of rotatable bonds is 5. The number of nitrogens with zero attached hydrogens (tertiary/aromatic N) is 6. The molecule has 34 heavy (non-hydrogen) atoms. The van der Waals surface area contributed by atoms with Gasteiger partial charge in [-0.05, 0) is 63.2 Å². The van der Waals surface area contributed by atoms with Crippen LogP contribution in [0.25, 0.3) is 44.7 Å². The molecule has 8 nitrogen and oxygen atoms in total. The summed E-state index contributed by atoms with van der Waals surface area (Å²) in [6, 6.07) is 10.7. The molecule has 1 aliphatic heterocycles. The van der Waals surface area contributed by atoms with Crippen molar-refractivity contribution in [3.05, 3.63) is 54.5 Å². The molecule has 4 aromatic heterocycles. The van der Waals surface area contributed by atoms with Gasteiger partial charge in [-0.2, -0.15) is 5.10 Å². The summed E-state index contributed by atoms with van der Waals surface area (Å²) in [7, 11) is 4.12. The van der Waals surface area contributed by atoms with E-state index in [4.69, 9.17) is 4.98 Å². The standard InChI is InChI=1S/C26H28N8/c1-33(2)16-17-11-18(14-27-13-17)19-12-20-23(31-32-25(20)28-15-19)26-29-21-7-6-8-22(24(21)30-26)34-9-4-3-5-10-34/h6-8,11-15H,3-5,9-10,16H2,1-2H3,(H,29,30)(H,28,31,32). The van der Waals surface area contributed by atoms with Gasteiger partial charge in [-0.25, -0.2) is 9.97 Å². The molecule has 172 valence electrons. The summed E-state index contributed by atoms with van der Waals surface area (Å²) in [5.74, 6) is 0.778. The number of imidazole rings is 1. The maximum atomic E-state index is 5.02. The Bertz CT molecular complexity index is 1460. The molecule has 1 saturated heterocycles. The van der Waals surface area contributed by atoms with Crippen molar-refractivity contribution in [2.24, 2.45) is 0 Å². The molecular formula is C26H28N8. The van der Waals surface area contributed by atoms with E-state index >= 15 is 0 Å². The number of benzene rings is 1. The highest BCUT2D eigenvalue weighted by molar-refractivity contribution is 5.96. The monoisotopic (exact) mass is 452 g/mol. The fourth-order valence-electron chi connectivity index (χ4n) is 4.86.